The summed E-state index contributed by atoms with van der Waals surface area (Å²) in [6.45, 7) is 15.3. The molecule has 0 unspecified atom stereocenters. The summed E-state index contributed by atoms with van der Waals surface area (Å²) in [6, 6.07) is 5.85. The average molecular weight is 338 g/mol. The zero-order chi connectivity index (χ0) is 18.9. The van der Waals surface area contributed by atoms with Crippen molar-refractivity contribution >= 4 is 0 Å². The third-order valence-electron chi connectivity index (χ3n) is 2.75. The van der Waals surface area contributed by atoms with E-state index in [1.165, 1.54) is 25.7 Å². The predicted octanol–water partition coefficient (Wildman–Crippen LogP) is 5.37. The van der Waals surface area contributed by atoms with Gasteiger partial charge < -0.3 is 11.1 Å². The van der Waals surface area contributed by atoms with Gasteiger partial charge in [-0.25, -0.2) is 0 Å². The molecule has 1 aromatic heterocycles. The fraction of sp³-hybridized carbons (Fsp3) is 0.667. The topological polar surface area (TPSA) is 50.9 Å². The maximum Gasteiger partial charge on any atom is 0.0416 e. The smallest absolute Gasteiger partial charge is 0.0416 e. The monoisotopic (exact) mass is 337 g/mol. The van der Waals surface area contributed by atoms with Crippen molar-refractivity contribution in [2.75, 3.05) is 19.6 Å². The lowest BCUT2D eigenvalue weighted by Gasteiger charge is -2.01. The maximum atomic E-state index is 5.32. The zero-order valence-corrected chi connectivity index (χ0v) is 17.1. The molecule has 3 heteroatoms. The molecule has 24 heavy (non-hydrogen) atoms. The molecular formula is C21H43N3. The highest BCUT2D eigenvalue weighted by Crippen LogP contribution is 1.91. The molecule has 0 amide bonds. The standard InChI is InChI=1S/C7H10N2.C5H9N.C5H12.2C2H6/c8-5-4-7-3-1-2-6-9-7;1-2-4-6-5-3-1;1-3-5-4-2;2*1-2/h1-3,6H,4-5,8H2;1-2,6H,3-5H2;3-5H2,1-2H3;2*1-2H3. The SMILES string of the molecule is C1=CCNCC1.CC.CC.CCCCC.NCCc1ccccn1. The first-order chi connectivity index (χ1) is 11.8. The van der Waals surface area contributed by atoms with E-state index >= 15 is 0 Å². The van der Waals surface area contributed by atoms with Crippen LogP contribution >= 0.6 is 0 Å². The van der Waals surface area contributed by atoms with E-state index in [4.69, 9.17) is 5.73 Å². The first-order valence-electron chi connectivity index (χ1n) is 9.80. The van der Waals surface area contributed by atoms with Crippen LogP contribution in [0, 0.1) is 0 Å². The predicted molar refractivity (Wildman–Crippen MR) is 112 cm³/mol. The molecule has 0 aliphatic carbocycles. The first-order valence-corrected chi connectivity index (χ1v) is 9.80. The number of nitrogens with two attached hydrogens (primary N) is 1. The van der Waals surface area contributed by atoms with E-state index in [-0.39, 0.29) is 0 Å². The normalized spacial score (nSPS) is 11.1. The number of hydrogen-bond donors (Lipinski definition) is 2. The van der Waals surface area contributed by atoms with Crippen molar-refractivity contribution in [2.24, 2.45) is 5.73 Å². The van der Waals surface area contributed by atoms with Crippen LogP contribution in [0.5, 0.6) is 0 Å². The molecular weight excluding hydrogens is 294 g/mol. The summed E-state index contributed by atoms with van der Waals surface area (Å²) in [5.41, 5.74) is 6.39. The molecule has 0 spiro atoms. The van der Waals surface area contributed by atoms with Crippen molar-refractivity contribution < 1.29 is 0 Å². The summed E-state index contributed by atoms with van der Waals surface area (Å²) < 4.78 is 0. The van der Waals surface area contributed by atoms with E-state index in [1.54, 1.807) is 6.20 Å². The van der Waals surface area contributed by atoms with Crippen LogP contribution in [0.4, 0.5) is 0 Å². The van der Waals surface area contributed by atoms with Crippen LogP contribution in [0.15, 0.2) is 36.5 Å². The fourth-order valence-electron chi connectivity index (χ4n) is 1.62. The van der Waals surface area contributed by atoms with Crippen LogP contribution < -0.4 is 11.1 Å². The Bertz CT molecular complexity index is 300. The van der Waals surface area contributed by atoms with Crippen molar-refractivity contribution in [1.82, 2.24) is 10.3 Å². The molecule has 0 saturated carbocycles. The molecule has 1 aromatic rings. The average Bonchev–Trinajstić information content (AvgIpc) is 2.69. The highest BCUT2D eigenvalue weighted by atomic mass is 14.8. The van der Waals surface area contributed by atoms with E-state index in [0.29, 0.717) is 6.54 Å². The van der Waals surface area contributed by atoms with E-state index in [0.717, 1.165) is 25.2 Å². The molecule has 2 rings (SSSR count). The largest absolute Gasteiger partial charge is 0.330 e. The third kappa shape index (κ3) is 25.7. The first kappa shape index (κ1) is 27.6. The molecule has 142 valence electrons. The van der Waals surface area contributed by atoms with Crippen LogP contribution in [0.25, 0.3) is 0 Å². The number of nitrogens with zero attached hydrogens (tertiary/aromatic N) is 1. The second-order valence-electron chi connectivity index (χ2n) is 4.68. The summed E-state index contributed by atoms with van der Waals surface area (Å²) in [7, 11) is 0. The molecule has 0 aromatic carbocycles. The summed E-state index contributed by atoms with van der Waals surface area (Å²) in [4.78, 5) is 4.09. The Balaban J connectivity index is -0.000000259. The number of nitrogens with one attached hydrogen (secondary N) is 1. The summed E-state index contributed by atoms with van der Waals surface area (Å²) in [6.07, 6.45) is 12.3. The minimum Gasteiger partial charge on any atom is -0.330 e. The van der Waals surface area contributed by atoms with Crippen LogP contribution in [0.2, 0.25) is 0 Å². The minimum absolute atomic E-state index is 0.678. The highest BCUT2D eigenvalue weighted by molar-refractivity contribution is 5.03. The minimum atomic E-state index is 0.678. The van der Waals surface area contributed by atoms with Gasteiger partial charge in [-0.3, -0.25) is 4.98 Å². The Morgan fingerprint density at radius 3 is 1.96 bits per heavy atom. The van der Waals surface area contributed by atoms with E-state index in [2.05, 4.69) is 36.3 Å². The molecule has 3 nitrogen and oxygen atoms in total. The van der Waals surface area contributed by atoms with Gasteiger partial charge in [0.1, 0.15) is 0 Å². The van der Waals surface area contributed by atoms with Crippen molar-refractivity contribution in [3.8, 4) is 0 Å². The number of rotatable bonds is 4. The molecule has 0 fully saturated rings. The van der Waals surface area contributed by atoms with Gasteiger partial charge in [-0.05, 0) is 31.6 Å². The third-order valence-corrected chi connectivity index (χ3v) is 2.75. The highest BCUT2D eigenvalue weighted by Gasteiger charge is 1.86. The lowest BCUT2D eigenvalue weighted by atomic mass is 10.3. The molecule has 0 atom stereocenters. The van der Waals surface area contributed by atoms with E-state index in [9.17, 15) is 0 Å². The quantitative estimate of drug-likeness (QED) is 0.726. The van der Waals surface area contributed by atoms with Gasteiger partial charge in [0.05, 0.1) is 0 Å². The lowest BCUT2D eigenvalue weighted by molar-refractivity contribution is 0.728. The van der Waals surface area contributed by atoms with E-state index < -0.39 is 0 Å². The molecule has 3 N–H and O–H groups in total. The fourth-order valence-corrected chi connectivity index (χ4v) is 1.62. The Morgan fingerprint density at radius 2 is 1.71 bits per heavy atom. The number of unbranched alkanes of at least 4 members (excludes halogenated alkanes) is 2. The Morgan fingerprint density at radius 1 is 1.04 bits per heavy atom. The molecule has 2 heterocycles. The summed E-state index contributed by atoms with van der Waals surface area (Å²) in [5, 5.41) is 3.20. The van der Waals surface area contributed by atoms with E-state index in [1.807, 2.05) is 45.9 Å². The number of pyridine rings is 1. The molecule has 0 bridgehead atoms. The van der Waals surface area contributed by atoms with Gasteiger partial charge in [0, 0.05) is 24.9 Å². The Labute approximate surface area is 152 Å². The molecule has 0 saturated heterocycles. The van der Waals surface area contributed by atoms with Crippen LogP contribution in [-0.2, 0) is 6.42 Å². The van der Waals surface area contributed by atoms with Crippen molar-refractivity contribution in [3.63, 3.8) is 0 Å². The second kappa shape index (κ2) is 29.8. The van der Waals surface area contributed by atoms with Gasteiger partial charge >= 0.3 is 0 Å². The van der Waals surface area contributed by atoms with Crippen molar-refractivity contribution in [3.05, 3.63) is 42.2 Å². The summed E-state index contributed by atoms with van der Waals surface area (Å²) >= 11 is 0. The maximum absolute atomic E-state index is 5.32. The second-order valence-corrected chi connectivity index (χ2v) is 4.68. The Kier molecular flexibility index (Phi) is 34.3. The molecule has 1 aliphatic heterocycles. The summed E-state index contributed by atoms with van der Waals surface area (Å²) in [5.74, 6) is 0. The van der Waals surface area contributed by atoms with Gasteiger partial charge in [0.2, 0.25) is 0 Å². The Hall–Kier alpha value is -1.19. The number of aromatic nitrogens is 1. The van der Waals surface area contributed by atoms with Gasteiger partial charge in [-0.2, -0.15) is 0 Å². The molecule has 1 aliphatic rings. The van der Waals surface area contributed by atoms with Gasteiger partial charge in [-0.15, -0.1) is 0 Å². The van der Waals surface area contributed by atoms with Crippen LogP contribution in [0.3, 0.4) is 0 Å². The molecule has 0 radical (unpaired) electrons. The van der Waals surface area contributed by atoms with Crippen molar-refractivity contribution in [1.29, 1.82) is 0 Å². The van der Waals surface area contributed by atoms with Crippen molar-refractivity contribution in [2.45, 2.75) is 73.6 Å². The lowest BCUT2D eigenvalue weighted by Crippen LogP contribution is -2.17. The van der Waals surface area contributed by atoms with Crippen LogP contribution in [-0.4, -0.2) is 24.6 Å². The van der Waals surface area contributed by atoms with Gasteiger partial charge in [-0.1, -0.05) is 79.0 Å². The van der Waals surface area contributed by atoms with Gasteiger partial charge in [0.15, 0.2) is 0 Å². The van der Waals surface area contributed by atoms with Gasteiger partial charge in [0.25, 0.3) is 0 Å². The number of hydrogen-bond acceptors (Lipinski definition) is 3. The van der Waals surface area contributed by atoms with Crippen LogP contribution in [0.1, 0.15) is 72.9 Å². The zero-order valence-electron chi connectivity index (χ0n) is 17.1.